The molecule has 0 saturated carbocycles. The van der Waals surface area contributed by atoms with Crippen LogP contribution in [-0.2, 0) is 18.4 Å². The van der Waals surface area contributed by atoms with Crippen LogP contribution >= 0.6 is 23.1 Å². The summed E-state index contributed by atoms with van der Waals surface area (Å²) in [5.74, 6) is 1.67. The number of carbonyl (C=O) groups is 1. The molecule has 4 aromatic rings. The molecule has 8 nitrogen and oxygen atoms in total. The van der Waals surface area contributed by atoms with Gasteiger partial charge in [0, 0.05) is 23.7 Å². The number of carbonyl (C=O) groups excluding carboxylic acids is 1. The van der Waals surface area contributed by atoms with Crippen molar-refractivity contribution < 1.29 is 9.53 Å². The number of methoxy groups -OCH3 is 1. The minimum absolute atomic E-state index is 0.134. The molecule has 164 valence electrons. The first-order chi connectivity index (χ1) is 15.6. The van der Waals surface area contributed by atoms with E-state index in [1.54, 1.807) is 7.11 Å². The van der Waals surface area contributed by atoms with Crippen LogP contribution in [0.3, 0.4) is 0 Å². The standard InChI is InChI=1S/C22H22N6O2S2/c1-28-19(12-23-16-8-10-17(30-2)11-9-16)26-27-22(28)32-14-20(29)25-21-24-18(13-31-21)15-6-4-3-5-7-15/h3-11,13,23H,12,14H2,1-2H3,(H,24,25,29). The van der Waals surface area contributed by atoms with E-state index in [1.165, 1.54) is 23.1 Å². The summed E-state index contributed by atoms with van der Waals surface area (Å²) in [4.78, 5) is 16.9. The lowest BCUT2D eigenvalue weighted by Crippen LogP contribution is -2.14. The van der Waals surface area contributed by atoms with Gasteiger partial charge in [0.2, 0.25) is 5.91 Å². The van der Waals surface area contributed by atoms with Gasteiger partial charge in [-0.05, 0) is 24.3 Å². The zero-order valence-electron chi connectivity index (χ0n) is 17.6. The van der Waals surface area contributed by atoms with Crippen LogP contribution in [0.5, 0.6) is 5.75 Å². The zero-order valence-corrected chi connectivity index (χ0v) is 19.2. The van der Waals surface area contributed by atoms with Gasteiger partial charge in [0.25, 0.3) is 0 Å². The minimum atomic E-state index is -0.134. The topological polar surface area (TPSA) is 94.0 Å². The minimum Gasteiger partial charge on any atom is -0.497 e. The number of hydrogen-bond acceptors (Lipinski definition) is 8. The van der Waals surface area contributed by atoms with Crippen molar-refractivity contribution in [2.75, 3.05) is 23.5 Å². The van der Waals surface area contributed by atoms with Crippen LogP contribution in [0.4, 0.5) is 10.8 Å². The summed E-state index contributed by atoms with van der Waals surface area (Å²) in [6, 6.07) is 17.5. The van der Waals surface area contributed by atoms with Crippen LogP contribution in [-0.4, -0.2) is 38.5 Å². The van der Waals surface area contributed by atoms with Gasteiger partial charge in [0.1, 0.15) is 5.75 Å². The predicted molar refractivity (Wildman–Crippen MR) is 128 cm³/mol. The maximum atomic E-state index is 12.4. The Bertz CT molecular complexity index is 1170. The Morgan fingerprint density at radius 2 is 1.91 bits per heavy atom. The molecule has 0 aliphatic carbocycles. The molecule has 4 rings (SSSR count). The van der Waals surface area contributed by atoms with E-state index in [2.05, 4.69) is 25.8 Å². The number of rotatable bonds is 9. The first kappa shape index (κ1) is 21.8. The number of nitrogens with one attached hydrogen (secondary N) is 2. The molecular weight excluding hydrogens is 444 g/mol. The number of benzene rings is 2. The van der Waals surface area contributed by atoms with Crippen LogP contribution in [0, 0.1) is 0 Å². The summed E-state index contributed by atoms with van der Waals surface area (Å²) in [6.45, 7) is 0.518. The van der Waals surface area contributed by atoms with Gasteiger partial charge in [-0.3, -0.25) is 4.79 Å². The average Bonchev–Trinajstić information content (AvgIpc) is 3.43. The van der Waals surface area contributed by atoms with Gasteiger partial charge in [0.05, 0.1) is 25.1 Å². The lowest BCUT2D eigenvalue weighted by atomic mass is 10.2. The number of nitrogens with zero attached hydrogens (tertiary/aromatic N) is 4. The van der Waals surface area contributed by atoms with E-state index in [1.807, 2.05) is 71.6 Å². The van der Waals surface area contributed by atoms with Crippen molar-refractivity contribution >= 4 is 39.8 Å². The molecule has 2 heterocycles. The Kier molecular flexibility index (Phi) is 7.03. The second-order valence-corrected chi connectivity index (χ2v) is 8.58. The molecule has 0 fully saturated rings. The molecular formula is C22H22N6O2S2. The van der Waals surface area contributed by atoms with Crippen LogP contribution in [0.15, 0.2) is 65.1 Å². The molecule has 32 heavy (non-hydrogen) atoms. The molecule has 0 spiro atoms. The first-order valence-electron chi connectivity index (χ1n) is 9.82. The Morgan fingerprint density at radius 1 is 1.12 bits per heavy atom. The number of anilines is 2. The highest BCUT2D eigenvalue weighted by molar-refractivity contribution is 7.99. The third kappa shape index (κ3) is 5.45. The van der Waals surface area contributed by atoms with Gasteiger partial charge in [-0.15, -0.1) is 21.5 Å². The number of thioether (sulfide) groups is 1. The molecule has 0 saturated heterocycles. The fraction of sp³-hybridized carbons (Fsp3) is 0.182. The van der Waals surface area contributed by atoms with Crippen LogP contribution in [0.25, 0.3) is 11.3 Å². The second-order valence-electron chi connectivity index (χ2n) is 6.78. The normalized spacial score (nSPS) is 10.7. The van der Waals surface area contributed by atoms with Crippen LogP contribution < -0.4 is 15.4 Å². The lowest BCUT2D eigenvalue weighted by molar-refractivity contribution is -0.113. The Labute approximate surface area is 194 Å². The fourth-order valence-corrected chi connectivity index (χ4v) is 4.34. The van der Waals surface area contributed by atoms with E-state index in [9.17, 15) is 4.79 Å². The maximum absolute atomic E-state index is 12.4. The molecule has 0 aliphatic heterocycles. The third-order valence-electron chi connectivity index (χ3n) is 4.62. The number of hydrogen-bond donors (Lipinski definition) is 2. The quantitative estimate of drug-likeness (QED) is 0.355. The van der Waals surface area contributed by atoms with Crippen molar-refractivity contribution in [3.05, 3.63) is 65.8 Å². The summed E-state index contributed by atoms with van der Waals surface area (Å²) < 4.78 is 7.05. The van der Waals surface area contributed by atoms with E-state index < -0.39 is 0 Å². The van der Waals surface area contributed by atoms with Crippen molar-refractivity contribution in [2.45, 2.75) is 11.7 Å². The summed E-state index contributed by atoms with van der Waals surface area (Å²) in [5.41, 5.74) is 2.83. The largest absolute Gasteiger partial charge is 0.497 e. The SMILES string of the molecule is COc1ccc(NCc2nnc(SCC(=O)Nc3nc(-c4ccccc4)cs3)n2C)cc1. The van der Waals surface area contributed by atoms with Crippen molar-refractivity contribution in [3.63, 3.8) is 0 Å². The van der Waals surface area contributed by atoms with Gasteiger partial charge >= 0.3 is 0 Å². The summed E-state index contributed by atoms with van der Waals surface area (Å²) >= 11 is 2.74. The van der Waals surface area contributed by atoms with Crippen molar-refractivity contribution in [2.24, 2.45) is 7.05 Å². The van der Waals surface area contributed by atoms with Gasteiger partial charge in [-0.25, -0.2) is 4.98 Å². The third-order valence-corrected chi connectivity index (χ3v) is 6.40. The van der Waals surface area contributed by atoms with Gasteiger partial charge in [-0.2, -0.15) is 0 Å². The Hall–Kier alpha value is -3.37. The lowest BCUT2D eigenvalue weighted by Gasteiger charge is -2.07. The second kappa shape index (κ2) is 10.3. The number of amides is 1. The fourth-order valence-electron chi connectivity index (χ4n) is 2.87. The van der Waals surface area contributed by atoms with E-state index in [0.29, 0.717) is 16.8 Å². The highest BCUT2D eigenvalue weighted by atomic mass is 32.2. The van der Waals surface area contributed by atoms with Gasteiger partial charge < -0.3 is 19.9 Å². The molecule has 2 aromatic heterocycles. The molecule has 0 aliphatic rings. The number of ether oxygens (including phenoxy) is 1. The Balaban J connectivity index is 1.28. The predicted octanol–water partition coefficient (Wildman–Crippen LogP) is 4.29. The van der Waals surface area contributed by atoms with Crippen molar-refractivity contribution in [3.8, 4) is 17.0 Å². The summed E-state index contributed by atoms with van der Waals surface area (Å²) in [5, 5.41) is 17.8. The van der Waals surface area contributed by atoms with Crippen molar-refractivity contribution in [1.29, 1.82) is 0 Å². The molecule has 0 radical (unpaired) electrons. The maximum Gasteiger partial charge on any atom is 0.236 e. The Morgan fingerprint density at radius 3 is 2.66 bits per heavy atom. The summed E-state index contributed by atoms with van der Waals surface area (Å²) in [6.07, 6.45) is 0. The highest BCUT2D eigenvalue weighted by Crippen LogP contribution is 2.25. The molecule has 1 amide bonds. The smallest absolute Gasteiger partial charge is 0.236 e. The summed E-state index contributed by atoms with van der Waals surface area (Å²) in [7, 11) is 3.53. The van der Waals surface area contributed by atoms with Gasteiger partial charge in [-0.1, -0.05) is 42.1 Å². The molecule has 0 atom stereocenters. The van der Waals surface area contributed by atoms with Crippen LogP contribution in [0.2, 0.25) is 0 Å². The molecule has 0 bridgehead atoms. The van der Waals surface area contributed by atoms with E-state index in [0.717, 1.165) is 28.5 Å². The van der Waals surface area contributed by atoms with E-state index in [4.69, 9.17) is 4.74 Å². The van der Waals surface area contributed by atoms with Crippen LogP contribution in [0.1, 0.15) is 5.82 Å². The van der Waals surface area contributed by atoms with Crippen molar-refractivity contribution in [1.82, 2.24) is 19.7 Å². The van der Waals surface area contributed by atoms with E-state index in [-0.39, 0.29) is 11.7 Å². The monoisotopic (exact) mass is 466 g/mol. The zero-order chi connectivity index (χ0) is 22.3. The highest BCUT2D eigenvalue weighted by Gasteiger charge is 2.13. The average molecular weight is 467 g/mol. The molecule has 2 N–H and O–H groups in total. The number of aromatic nitrogens is 4. The molecule has 10 heteroatoms. The molecule has 0 unspecified atom stereocenters. The number of thiazole rings is 1. The van der Waals surface area contributed by atoms with Gasteiger partial charge in [0.15, 0.2) is 16.1 Å². The first-order valence-corrected chi connectivity index (χ1v) is 11.7. The molecule has 2 aromatic carbocycles. The van der Waals surface area contributed by atoms with E-state index >= 15 is 0 Å².